The van der Waals surface area contributed by atoms with Gasteiger partial charge in [-0.2, -0.15) is 0 Å². The first-order chi connectivity index (χ1) is 16.2. The highest BCUT2D eigenvalue weighted by molar-refractivity contribution is 5.92. The van der Waals surface area contributed by atoms with Crippen molar-refractivity contribution in [1.82, 2.24) is 10.6 Å². The van der Waals surface area contributed by atoms with Crippen LogP contribution in [0.15, 0.2) is 30.3 Å². The van der Waals surface area contributed by atoms with Gasteiger partial charge in [-0.05, 0) is 17.9 Å². The molecule has 1 rings (SSSR count). The van der Waals surface area contributed by atoms with Crippen LogP contribution in [0.5, 0.6) is 0 Å². The highest BCUT2D eigenvalue weighted by atomic mass is 16.6. The third-order valence-electron chi connectivity index (χ3n) is 4.44. The van der Waals surface area contributed by atoms with Gasteiger partial charge >= 0.3 is 24.0 Å². The van der Waals surface area contributed by atoms with Crippen LogP contribution in [0.2, 0.25) is 0 Å². The molecule has 0 saturated heterocycles. The smallest absolute Gasteiger partial charge is 0.408 e. The van der Waals surface area contributed by atoms with Crippen LogP contribution < -0.4 is 10.6 Å². The Morgan fingerprint density at radius 2 is 1.53 bits per heavy atom. The van der Waals surface area contributed by atoms with Crippen molar-refractivity contribution in [3.05, 3.63) is 35.9 Å². The van der Waals surface area contributed by atoms with Gasteiger partial charge in [-0.15, -0.1) is 0 Å². The molecule has 11 nitrogen and oxygen atoms in total. The van der Waals surface area contributed by atoms with Gasteiger partial charge in [-0.25, -0.2) is 9.59 Å². The molecule has 1 aromatic carbocycles. The van der Waals surface area contributed by atoms with E-state index in [-0.39, 0.29) is 32.0 Å². The Kier molecular flexibility index (Phi) is 12.7. The zero-order chi connectivity index (χ0) is 25.5. The lowest BCUT2D eigenvalue weighted by Crippen LogP contribution is -2.52. The number of ether oxygens (including phenoxy) is 4. The molecule has 0 aromatic heterocycles. The Bertz CT molecular complexity index is 827. The molecule has 188 valence electrons. The fourth-order valence-corrected chi connectivity index (χ4v) is 2.63. The van der Waals surface area contributed by atoms with Crippen molar-refractivity contribution in [1.29, 1.82) is 0 Å². The number of benzene rings is 1. The minimum atomic E-state index is -1.40. The van der Waals surface area contributed by atoms with Crippen LogP contribution in [-0.4, -0.2) is 62.8 Å². The lowest BCUT2D eigenvalue weighted by molar-refractivity contribution is -0.148. The summed E-state index contributed by atoms with van der Waals surface area (Å²) in [6, 6.07) is 6.27. The molecule has 0 unspecified atom stereocenters. The van der Waals surface area contributed by atoms with Crippen LogP contribution in [-0.2, 0) is 44.7 Å². The molecule has 0 aliphatic rings. The average molecular weight is 481 g/mol. The Balaban J connectivity index is 2.87. The third-order valence-corrected chi connectivity index (χ3v) is 4.44. The summed E-state index contributed by atoms with van der Waals surface area (Å²) in [4.78, 5) is 60.8. The van der Waals surface area contributed by atoms with Crippen LogP contribution in [0.3, 0.4) is 0 Å². The topological polar surface area (TPSA) is 146 Å². The molecular formula is C23H32N2O9. The fraction of sp³-hybridized carbons (Fsp3) is 0.522. The second-order valence-electron chi connectivity index (χ2n) is 7.74. The van der Waals surface area contributed by atoms with Gasteiger partial charge in [0.2, 0.25) is 5.91 Å². The van der Waals surface area contributed by atoms with E-state index in [1.165, 1.54) is 7.11 Å². The van der Waals surface area contributed by atoms with Gasteiger partial charge < -0.3 is 29.6 Å². The Hall–Kier alpha value is -3.63. The van der Waals surface area contributed by atoms with Gasteiger partial charge in [0.05, 0.1) is 27.2 Å². The van der Waals surface area contributed by atoms with Crippen LogP contribution in [0.1, 0.15) is 38.7 Å². The van der Waals surface area contributed by atoms with Crippen LogP contribution in [0.25, 0.3) is 0 Å². The summed E-state index contributed by atoms with van der Waals surface area (Å²) in [6.07, 6.45) is -1.70. The predicted molar refractivity (Wildman–Crippen MR) is 119 cm³/mol. The lowest BCUT2D eigenvalue weighted by atomic mass is 10.1. The molecule has 0 spiro atoms. The van der Waals surface area contributed by atoms with Crippen molar-refractivity contribution in [2.24, 2.45) is 5.92 Å². The molecule has 2 amide bonds. The minimum Gasteiger partial charge on any atom is -0.469 e. The maximum atomic E-state index is 12.9. The number of nitrogens with one attached hydrogen (secondary N) is 2. The van der Waals surface area contributed by atoms with Gasteiger partial charge in [0, 0.05) is 6.42 Å². The van der Waals surface area contributed by atoms with Crippen LogP contribution >= 0.6 is 0 Å². The predicted octanol–water partition coefficient (Wildman–Crippen LogP) is 1.48. The van der Waals surface area contributed by atoms with Crippen LogP contribution in [0, 0.1) is 5.92 Å². The standard InChI is InChI=1S/C23H32N2O9/c1-15(2)13-33-20(27)12-18(25-23(30)34-14-16-8-6-5-7-9-16)21(28)24-17(22(29)32-4)10-11-19(26)31-3/h5-9,15,17-18H,10-14H2,1-4H3,(H,24,28)(H,25,30)/t17-,18+/m0/s1. The maximum Gasteiger partial charge on any atom is 0.408 e. The van der Waals surface area contributed by atoms with Gasteiger partial charge in [0.25, 0.3) is 0 Å². The highest BCUT2D eigenvalue weighted by Crippen LogP contribution is 2.06. The van der Waals surface area contributed by atoms with Gasteiger partial charge in [0.15, 0.2) is 0 Å². The number of alkyl carbamates (subject to hydrolysis) is 1. The van der Waals surface area contributed by atoms with Gasteiger partial charge in [-0.1, -0.05) is 44.2 Å². The number of carbonyl (C=O) groups is 5. The number of hydrogen-bond acceptors (Lipinski definition) is 9. The first-order valence-electron chi connectivity index (χ1n) is 10.7. The number of methoxy groups -OCH3 is 2. The van der Waals surface area contributed by atoms with E-state index in [0.29, 0.717) is 0 Å². The molecule has 34 heavy (non-hydrogen) atoms. The summed E-state index contributed by atoms with van der Waals surface area (Å²) in [5, 5.41) is 4.72. The quantitative estimate of drug-likeness (QED) is 0.316. The molecule has 2 N–H and O–H groups in total. The molecule has 0 bridgehead atoms. The van der Waals surface area contributed by atoms with E-state index in [1.54, 1.807) is 24.3 Å². The summed E-state index contributed by atoms with van der Waals surface area (Å²) in [6.45, 7) is 3.77. The monoisotopic (exact) mass is 480 g/mol. The summed E-state index contributed by atoms with van der Waals surface area (Å²) in [5.74, 6) is -2.88. The molecule has 0 aliphatic carbocycles. The van der Waals surface area contributed by atoms with E-state index < -0.39 is 48.4 Å². The summed E-state index contributed by atoms with van der Waals surface area (Å²) < 4.78 is 19.4. The highest BCUT2D eigenvalue weighted by Gasteiger charge is 2.30. The van der Waals surface area contributed by atoms with E-state index in [0.717, 1.165) is 12.7 Å². The Morgan fingerprint density at radius 1 is 0.853 bits per heavy atom. The van der Waals surface area contributed by atoms with Crippen molar-refractivity contribution in [2.45, 2.75) is 51.8 Å². The van der Waals surface area contributed by atoms with Crippen molar-refractivity contribution in [3.63, 3.8) is 0 Å². The van der Waals surface area contributed by atoms with E-state index in [4.69, 9.17) is 9.47 Å². The van der Waals surface area contributed by atoms with E-state index >= 15 is 0 Å². The van der Waals surface area contributed by atoms with Crippen molar-refractivity contribution < 1.29 is 42.9 Å². The Morgan fingerprint density at radius 3 is 2.12 bits per heavy atom. The Labute approximate surface area is 198 Å². The number of rotatable bonds is 13. The second kappa shape index (κ2) is 15.3. The molecule has 0 fully saturated rings. The molecule has 11 heteroatoms. The summed E-state index contributed by atoms with van der Waals surface area (Å²) in [5.41, 5.74) is 0.726. The third kappa shape index (κ3) is 11.3. The lowest BCUT2D eigenvalue weighted by Gasteiger charge is -2.21. The maximum absolute atomic E-state index is 12.9. The number of carbonyl (C=O) groups excluding carboxylic acids is 5. The molecule has 0 saturated carbocycles. The number of hydrogen-bond donors (Lipinski definition) is 2. The van der Waals surface area contributed by atoms with E-state index in [2.05, 4.69) is 20.1 Å². The zero-order valence-corrected chi connectivity index (χ0v) is 19.8. The van der Waals surface area contributed by atoms with Crippen LogP contribution in [0.4, 0.5) is 4.79 Å². The molecule has 0 radical (unpaired) electrons. The van der Waals surface area contributed by atoms with Crippen molar-refractivity contribution in [2.75, 3.05) is 20.8 Å². The SMILES string of the molecule is COC(=O)CC[C@H](NC(=O)[C@@H](CC(=O)OCC(C)C)NC(=O)OCc1ccccc1)C(=O)OC. The second-order valence-corrected chi connectivity index (χ2v) is 7.74. The van der Waals surface area contributed by atoms with E-state index in [9.17, 15) is 24.0 Å². The molecule has 2 atom stereocenters. The van der Waals surface area contributed by atoms with Gasteiger partial charge in [-0.3, -0.25) is 14.4 Å². The summed E-state index contributed by atoms with van der Waals surface area (Å²) in [7, 11) is 2.32. The molecule has 0 heterocycles. The largest absolute Gasteiger partial charge is 0.469 e. The van der Waals surface area contributed by atoms with E-state index in [1.807, 2.05) is 19.9 Å². The normalized spacial score (nSPS) is 12.1. The first kappa shape index (κ1) is 28.4. The number of amides is 2. The minimum absolute atomic E-state index is 0.0529. The zero-order valence-electron chi connectivity index (χ0n) is 19.8. The van der Waals surface area contributed by atoms with Gasteiger partial charge in [0.1, 0.15) is 18.7 Å². The van der Waals surface area contributed by atoms with Crippen molar-refractivity contribution in [3.8, 4) is 0 Å². The average Bonchev–Trinajstić information content (AvgIpc) is 2.83. The molecular weight excluding hydrogens is 448 g/mol. The molecule has 0 aliphatic heterocycles. The van der Waals surface area contributed by atoms with Crippen molar-refractivity contribution >= 4 is 29.9 Å². The first-order valence-corrected chi connectivity index (χ1v) is 10.7. The summed E-state index contributed by atoms with van der Waals surface area (Å²) >= 11 is 0. The fourth-order valence-electron chi connectivity index (χ4n) is 2.63. The number of esters is 3. The molecule has 1 aromatic rings.